The number of benzene rings is 2. The third-order valence-electron chi connectivity index (χ3n) is 5.52. The van der Waals surface area contributed by atoms with Gasteiger partial charge in [-0.2, -0.15) is 0 Å². The van der Waals surface area contributed by atoms with Crippen LogP contribution in [0.15, 0.2) is 48.5 Å². The molecule has 0 unspecified atom stereocenters. The van der Waals surface area contributed by atoms with Crippen LogP contribution in [0.2, 0.25) is 5.02 Å². The first-order chi connectivity index (χ1) is 14.9. The molecule has 0 saturated heterocycles. The van der Waals surface area contributed by atoms with E-state index in [-0.39, 0.29) is 36.0 Å². The lowest BCUT2D eigenvalue weighted by Gasteiger charge is -2.29. The fourth-order valence-corrected chi connectivity index (χ4v) is 4.80. The molecular formula is C24H28ClFN2O2S. The Morgan fingerprint density at radius 1 is 1.16 bits per heavy atom. The minimum atomic E-state index is -0.607. The summed E-state index contributed by atoms with van der Waals surface area (Å²) in [6.07, 6.45) is 4.22. The van der Waals surface area contributed by atoms with Gasteiger partial charge in [0.25, 0.3) is 0 Å². The van der Waals surface area contributed by atoms with Gasteiger partial charge >= 0.3 is 0 Å². The first kappa shape index (κ1) is 23.6. The van der Waals surface area contributed by atoms with E-state index < -0.39 is 6.04 Å². The predicted octanol–water partition coefficient (Wildman–Crippen LogP) is 5.19. The molecule has 1 atom stereocenters. The summed E-state index contributed by atoms with van der Waals surface area (Å²) in [5.41, 5.74) is 1.83. The molecule has 2 aromatic carbocycles. The Balaban J connectivity index is 1.64. The molecule has 2 aromatic rings. The van der Waals surface area contributed by atoms with Gasteiger partial charge in [-0.1, -0.05) is 48.7 Å². The maximum absolute atomic E-state index is 13.3. The number of carbonyl (C=O) groups is 2. The monoisotopic (exact) mass is 462 g/mol. The Morgan fingerprint density at radius 3 is 2.55 bits per heavy atom. The number of rotatable bonds is 9. The van der Waals surface area contributed by atoms with E-state index >= 15 is 0 Å². The summed E-state index contributed by atoms with van der Waals surface area (Å²) in [4.78, 5) is 27.5. The highest BCUT2D eigenvalue weighted by atomic mass is 35.5. The van der Waals surface area contributed by atoms with Gasteiger partial charge in [-0.15, -0.1) is 11.8 Å². The van der Waals surface area contributed by atoms with Crippen LogP contribution in [0.3, 0.4) is 0 Å². The average Bonchev–Trinajstić information content (AvgIpc) is 3.26. The molecule has 1 saturated carbocycles. The summed E-state index contributed by atoms with van der Waals surface area (Å²) in [5, 5.41) is 3.75. The summed E-state index contributed by atoms with van der Waals surface area (Å²) in [6.45, 7) is 2.02. The van der Waals surface area contributed by atoms with Gasteiger partial charge in [0.2, 0.25) is 11.8 Å². The highest BCUT2D eigenvalue weighted by molar-refractivity contribution is 7.99. The van der Waals surface area contributed by atoms with E-state index in [1.165, 1.54) is 23.9 Å². The molecule has 1 aliphatic carbocycles. The van der Waals surface area contributed by atoms with E-state index in [0.717, 1.165) is 36.8 Å². The Bertz CT molecular complexity index is 887. The number of nitrogens with zero attached hydrogens (tertiary/aromatic N) is 1. The normalized spacial score (nSPS) is 14.9. The molecule has 1 fully saturated rings. The molecule has 0 aromatic heterocycles. The number of carbonyl (C=O) groups excluding carboxylic acids is 2. The molecule has 0 bridgehead atoms. The molecule has 3 rings (SSSR count). The quantitative estimate of drug-likeness (QED) is 0.558. The zero-order chi connectivity index (χ0) is 22.2. The molecule has 7 heteroatoms. The summed E-state index contributed by atoms with van der Waals surface area (Å²) in [6, 6.07) is 13.2. The van der Waals surface area contributed by atoms with Crippen molar-refractivity contribution in [2.75, 3.05) is 5.75 Å². The van der Waals surface area contributed by atoms with Gasteiger partial charge in [0.15, 0.2) is 0 Å². The standard InChI is InChI=1S/C24H28ClFN2O2S/c1-17(24(30)27-22-7-2-3-8-22)28(14-18-9-11-21(26)12-10-18)23(29)16-31-15-19-5-4-6-20(25)13-19/h4-6,9-13,17,22H,2-3,7-8,14-16H2,1H3,(H,27,30)/t17-/m1/s1. The lowest BCUT2D eigenvalue weighted by atomic mass is 10.1. The maximum atomic E-state index is 13.3. The number of nitrogens with one attached hydrogen (secondary N) is 1. The van der Waals surface area contributed by atoms with Crippen molar-refractivity contribution in [2.24, 2.45) is 0 Å². The Hall–Kier alpha value is -2.05. The third kappa shape index (κ3) is 7.25. The summed E-state index contributed by atoms with van der Waals surface area (Å²) < 4.78 is 13.3. The number of halogens is 2. The van der Waals surface area contributed by atoms with Crippen molar-refractivity contribution in [3.8, 4) is 0 Å². The average molecular weight is 463 g/mol. The van der Waals surface area contributed by atoms with Crippen molar-refractivity contribution in [2.45, 2.75) is 57.0 Å². The van der Waals surface area contributed by atoms with E-state index in [1.54, 1.807) is 24.0 Å². The number of hydrogen-bond acceptors (Lipinski definition) is 3. The minimum Gasteiger partial charge on any atom is -0.352 e. The maximum Gasteiger partial charge on any atom is 0.242 e. The van der Waals surface area contributed by atoms with Crippen LogP contribution in [0.4, 0.5) is 4.39 Å². The van der Waals surface area contributed by atoms with Crippen LogP contribution < -0.4 is 5.32 Å². The highest BCUT2D eigenvalue weighted by Gasteiger charge is 2.28. The van der Waals surface area contributed by atoms with Crippen LogP contribution in [0, 0.1) is 5.82 Å². The fourth-order valence-electron chi connectivity index (χ4n) is 3.73. The van der Waals surface area contributed by atoms with Crippen LogP contribution in [-0.4, -0.2) is 34.6 Å². The van der Waals surface area contributed by atoms with E-state index in [9.17, 15) is 14.0 Å². The first-order valence-electron chi connectivity index (χ1n) is 10.6. The molecule has 4 nitrogen and oxygen atoms in total. The van der Waals surface area contributed by atoms with Gasteiger partial charge in [0.1, 0.15) is 11.9 Å². The third-order valence-corrected chi connectivity index (χ3v) is 6.74. The molecule has 2 amide bonds. The van der Waals surface area contributed by atoms with Crippen molar-refractivity contribution < 1.29 is 14.0 Å². The van der Waals surface area contributed by atoms with Gasteiger partial charge < -0.3 is 10.2 Å². The van der Waals surface area contributed by atoms with Gasteiger partial charge in [0, 0.05) is 23.4 Å². The molecule has 0 aliphatic heterocycles. The summed E-state index contributed by atoms with van der Waals surface area (Å²) in [5.74, 6) is 0.312. The number of thioether (sulfide) groups is 1. The smallest absolute Gasteiger partial charge is 0.242 e. The number of amides is 2. The van der Waals surface area contributed by atoms with Crippen LogP contribution in [0.1, 0.15) is 43.7 Å². The first-order valence-corrected chi connectivity index (χ1v) is 12.1. The predicted molar refractivity (Wildman–Crippen MR) is 124 cm³/mol. The van der Waals surface area contributed by atoms with Crippen molar-refractivity contribution in [1.29, 1.82) is 0 Å². The van der Waals surface area contributed by atoms with Crippen molar-refractivity contribution >= 4 is 35.2 Å². The highest BCUT2D eigenvalue weighted by Crippen LogP contribution is 2.20. The second-order valence-electron chi connectivity index (χ2n) is 7.94. The van der Waals surface area contributed by atoms with Crippen LogP contribution in [-0.2, 0) is 21.9 Å². The van der Waals surface area contributed by atoms with Crippen molar-refractivity contribution in [1.82, 2.24) is 10.2 Å². The van der Waals surface area contributed by atoms with Gasteiger partial charge in [0.05, 0.1) is 5.75 Å². The van der Waals surface area contributed by atoms with Gasteiger partial charge in [-0.25, -0.2) is 4.39 Å². The second kappa shape index (κ2) is 11.5. The van der Waals surface area contributed by atoms with Crippen molar-refractivity contribution in [3.63, 3.8) is 0 Å². The number of hydrogen-bond donors (Lipinski definition) is 1. The molecule has 0 radical (unpaired) electrons. The zero-order valence-electron chi connectivity index (χ0n) is 17.7. The molecule has 31 heavy (non-hydrogen) atoms. The Kier molecular flexibility index (Phi) is 8.79. The Labute approximate surface area is 192 Å². The van der Waals surface area contributed by atoms with Gasteiger partial charge in [-0.3, -0.25) is 9.59 Å². The lowest BCUT2D eigenvalue weighted by Crippen LogP contribution is -2.50. The van der Waals surface area contributed by atoms with Gasteiger partial charge in [-0.05, 0) is 55.2 Å². The van der Waals surface area contributed by atoms with Crippen LogP contribution >= 0.6 is 23.4 Å². The molecule has 0 heterocycles. The van der Waals surface area contributed by atoms with E-state index in [0.29, 0.717) is 10.8 Å². The topological polar surface area (TPSA) is 49.4 Å². The van der Waals surface area contributed by atoms with E-state index in [1.807, 2.05) is 24.3 Å². The summed E-state index contributed by atoms with van der Waals surface area (Å²) >= 11 is 7.51. The largest absolute Gasteiger partial charge is 0.352 e. The van der Waals surface area contributed by atoms with E-state index in [4.69, 9.17) is 11.6 Å². The lowest BCUT2D eigenvalue weighted by molar-refractivity contribution is -0.138. The molecular weight excluding hydrogens is 435 g/mol. The van der Waals surface area contributed by atoms with Crippen LogP contribution in [0.25, 0.3) is 0 Å². The second-order valence-corrected chi connectivity index (χ2v) is 9.36. The molecule has 1 N–H and O–H groups in total. The zero-order valence-corrected chi connectivity index (χ0v) is 19.2. The van der Waals surface area contributed by atoms with Crippen molar-refractivity contribution in [3.05, 3.63) is 70.5 Å². The molecule has 1 aliphatic rings. The van der Waals surface area contributed by atoms with E-state index in [2.05, 4.69) is 5.32 Å². The molecule has 0 spiro atoms. The van der Waals surface area contributed by atoms with Crippen LogP contribution in [0.5, 0.6) is 0 Å². The SMILES string of the molecule is C[C@H](C(=O)NC1CCCC1)N(Cc1ccc(F)cc1)C(=O)CSCc1cccc(Cl)c1. The fraction of sp³-hybridized carbons (Fsp3) is 0.417. The Morgan fingerprint density at radius 2 is 1.87 bits per heavy atom. The minimum absolute atomic E-state index is 0.120. The molecule has 166 valence electrons. The summed E-state index contributed by atoms with van der Waals surface area (Å²) in [7, 11) is 0.